The van der Waals surface area contributed by atoms with Crippen molar-refractivity contribution in [1.29, 1.82) is 0 Å². The van der Waals surface area contributed by atoms with Crippen molar-refractivity contribution in [2.24, 2.45) is 0 Å². The number of aromatic nitrogens is 3. The van der Waals surface area contributed by atoms with Gasteiger partial charge in [-0.15, -0.1) is 0 Å². The Labute approximate surface area is 147 Å². The van der Waals surface area contributed by atoms with E-state index in [-0.39, 0.29) is 5.91 Å². The predicted molar refractivity (Wildman–Crippen MR) is 92.1 cm³/mol. The van der Waals surface area contributed by atoms with Crippen LogP contribution in [-0.2, 0) is 17.8 Å². The van der Waals surface area contributed by atoms with Crippen LogP contribution in [0.4, 0.5) is 0 Å². The maximum Gasteiger partial charge on any atom is 0.255 e. The van der Waals surface area contributed by atoms with Gasteiger partial charge in [-0.3, -0.25) is 9.69 Å². The van der Waals surface area contributed by atoms with Crippen molar-refractivity contribution in [3.05, 3.63) is 42.2 Å². The van der Waals surface area contributed by atoms with Crippen LogP contribution in [0.25, 0.3) is 0 Å². The summed E-state index contributed by atoms with van der Waals surface area (Å²) in [6, 6.07) is 1.76. The number of β-amino-alcohol motifs (C(OH)–C–C–N with tert-alkyl or cyclic N) is 1. The highest BCUT2D eigenvalue weighted by Gasteiger charge is 2.25. The first-order chi connectivity index (χ1) is 12.2. The third-order valence-electron chi connectivity index (χ3n) is 4.44. The molecular formula is C17H25N5O3. The summed E-state index contributed by atoms with van der Waals surface area (Å²) in [6.07, 6.45) is 6.49. The lowest BCUT2D eigenvalue weighted by atomic mass is 10.2. The van der Waals surface area contributed by atoms with Gasteiger partial charge in [0.25, 0.3) is 5.91 Å². The molecule has 2 aromatic heterocycles. The number of H-pyrrole nitrogens is 1. The predicted octanol–water partition coefficient (Wildman–Crippen LogP) is 0.177. The summed E-state index contributed by atoms with van der Waals surface area (Å²) < 4.78 is 7.18. The molecule has 136 valence electrons. The number of rotatable bonds is 6. The third kappa shape index (κ3) is 4.47. The van der Waals surface area contributed by atoms with E-state index in [1.54, 1.807) is 36.8 Å². The van der Waals surface area contributed by atoms with Gasteiger partial charge < -0.3 is 24.3 Å². The molecule has 1 saturated heterocycles. The molecule has 3 heterocycles. The van der Waals surface area contributed by atoms with Gasteiger partial charge in [0.1, 0.15) is 0 Å². The number of nitrogens with zero attached hydrogens (tertiary/aromatic N) is 4. The molecule has 25 heavy (non-hydrogen) atoms. The minimum absolute atomic E-state index is 0.0488. The number of carbonyl (C=O) groups excluding carboxylic acids is 1. The van der Waals surface area contributed by atoms with E-state index in [4.69, 9.17) is 4.74 Å². The van der Waals surface area contributed by atoms with Crippen molar-refractivity contribution in [2.75, 3.05) is 39.9 Å². The second kappa shape index (κ2) is 8.28. The molecule has 8 heteroatoms. The first kappa shape index (κ1) is 17.7. The maximum absolute atomic E-state index is 12.5. The quantitative estimate of drug-likeness (QED) is 0.778. The first-order valence-corrected chi connectivity index (χ1v) is 8.48. The molecule has 0 saturated carbocycles. The highest BCUT2D eigenvalue weighted by molar-refractivity contribution is 5.94. The number of aliphatic hydroxyl groups excluding tert-OH is 1. The van der Waals surface area contributed by atoms with E-state index in [0.29, 0.717) is 44.9 Å². The van der Waals surface area contributed by atoms with E-state index in [1.807, 2.05) is 6.20 Å². The zero-order valence-electron chi connectivity index (χ0n) is 14.5. The van der Waals surface area contributed by atoms with Gasteiger partial charge in [-0.25, -0.2) is 4.98 Å². The average molecular weight is 347 g/mol. The molecule has 0 unspecified atom stereocenters. The van der Waals surface area contributed by atoms with E-state index >= 15 is 0 Å². The second-order valence-electron chi connectivity index (χ2n) is 6.31. The molecule has 1 atom stereocenters. The molecule has 0 radical (unpaired) electrons. The molecule has 0 aromatic carbocycles. The van der Waals surface area contributed by atoms with Crippen molar-refractivity contribution in [3.8, 4) is 0 Å². The van der Waals surface area contributed by atoms with Crippen molar-refractivity contribution >= 4 is 5.91 Å². The summed E-state index contributed by atoms with van der Waals surface area (Å²) in [7, 11) is 1.68. The van der Waals surface area contributed by atoms with Gasteiger partial charge in [0.05, 0.1) is 30.3 Å². The molecule has 0 spiro atoms. The molecule has 1 fully saturated rings. The van der Waals surface area contributed by atoms with Gasteiger partial charge in [-0.05, 0) is 6.07 Å². The molecule has 1 aliphatic rings. The molecule has 8 nitrogen and oxygen atoms in total. The topological polar surface area (TPSA) is 86.6 Å². The van der Waals surface area contributed by atoms with E-state index < -0.39 is 6.10 Å². The van der Waals surface area contributed by atoms with E-state index in [0.717, 1.165) is 12.2 Å². The molecule has 3 rings (SSSR count). The van der Waals surface area contributed by atoms with Crippen LogP contribution >= 0.6 is 0 Å². The van der Waals surface area contributed by atoms with E-state index in [2.05, 4.69) is 19.4 Å². The van der Waals surface area contributed by atoms with Gasteiger partial charge in [-0.1, -0.05) is 0 Å². The number of ether oxygens (including phenoxy) is 1. The van der Waals surface area contributed by atoms with Crippen LogP contribution in [0.2, 0.25) is 0 Å². The molecule has 2 N–H and O–H groups in total. The Morgan fingerprint density at radius 3 is 3.08 bits per heavy atom. The van der Waals surface area contributed by atoms with Crippen LogP contribution in [-0.4, -0.2) is 81.3 Å². The Balaban J connectivity index is 1.62. The summed E-state index contributed by atoms with van der Waals surface area (Å²) in [6.45, 7) is 4.25. The standard InChI is InChI=1S/C17H25N5O3/c1-25-7-6-22-13-19-9-15(22)10-20-4-5-21(12-16(23)11-20)17(24)14-2-3-18-8-14/h2-3,8-9,13,16,18,23H,4-7,10-12H2,1H3/t16-/m1/s1. The number of amides is 1. The SMILES string of the molecule is COCCn1cncc1CN1CCN(C(=O)c2cc[nH]c2)C[C@H](O)C1. The van der Waals surface area contributed by atoms with Crippen LogP contribution in [0.15, 0.2) is 31.0 Å². The van der Waals surface area contributed by atoms with Gasteiger partial charge in [0.15, 0.2) is 0 Å². The third-order valence-corrected chi connectivity index (χ3v) is 4.44. The Morgan fingerprint density at radius 1 is 1.44 bits per heavy atom. The number of carbonyl (C=O) groups is 1. The average Bonchev–Trinajstić information content (AvgIpc) is 3.24. The molecule has 1 amide bonds. The maximum atomic E-state index is 12.5. The lowest BCUT2D eigenvalue weighted by Gasteiger charge is -2.22. The summed E-state index contributed by atoms with van der Waals surface area (Å²) >= 11 is 0. The Kier molecular flexibility index (Phi) is 5.85. The number of aromatic amines is 1. The van der Waals surface area contributed by atoms with E-state index in [9.17, 15) is 9.90 Å². The summed E-state index contributed by atoms with van der Waals surface area (Å²) in [5.41, 5.74) is 1.70. The van der Waals surface area contributed by atoms with Crippen molar-refractivity contribution in [2.45, 2.75) is 19.2 Å². The highest BCUT2D eigenvalue weighted by atomic mass is 16.5. The molecular weight excluding hydrogens is 322 g/mol. The summed E-state index contributed by atoms with van der Waals surface area (Å²) in [4.78, 5) is 23.5. The van der Waals surface area contributed by atoms with Crippen molar-refractivity contribution in [3.63, 3.8) is 0 Å². The van der Waals surface area contributed by atoms with Gasteiger partial charge in [0.2, 0.25) is 0 Å². The monoisotopic (exact) mass is 347 g/mol. The smallest absolute Gasteiger partial charge is 0.255 e. The number of nitrogens with one attached hydrogen (secondary N) is 1. The minimum atomic E-state index is -0.569. The molecule has 1 aliphatic heterocycles. The number of methoxy groups -OCH3 is 1. The largest absolute Gasteiger partial charge is 0.390 e. The van der Waals surface area contributed by atoms with Crippen LogP contribution in [0.5, 0.6) is 0 Å². The number of aliphatic hydroxyl groups is 1. The lowest BCUT2D eigenvalue weighted by molar-refractivity contribution is 0.0663. The molecule has 0 bridgehead atoms. The zero-order valence-corrected chi connectivity index (χ0v) is 14.5. The van der Waals surface area contributed by atoms with Gasteiger partial charge in [-0.2, -0.15) is 0 Å². The normalized spacial score (nSPS) is 19.1. The Bertz CT molecular complexity index is 670. The molecule has 0 aliphatic carbocycles. The molecule has 2 aromatic rings. The van der Waals surface area contributed by atoms with Crippen LogP contribution < -0.4 is 0 Å². The summed E-state index contributed by atoms with van der Waals surface area (Å²) in [5.74, 6) is -0.0488. The fraction of sp³-hybridized carbons (Fsp3) is 0.529. The number of imidazole rings is 1. The van der Waals surface area contributed by atoms with Crippen LogP contribution in [0.3, 0.4) is 0 Å². The fourth-order valence-corrected chi connectivity index (χ4v) is 3.12. The number of hydrogen-bond donors (Lipinski definition) is 2. The minimum Gasteiger partial charge on any atom is -0.390 e. The zero-order chi connectivity index (χ0) is 17.6. The fourth-order valence-electron chi connectivity index (χ4n) is 3.12. The first-order valence-electron chi connectivity index (χ1n) is 8.48. The van der Waals surface area contributed by atoms with Crippen LogP contribution in [0, 0.1) is 0 Å². The number of hydrogen-bond acceptors (Lipinski definition) is 5. The highest BCUT2D eigenvalue weighted by Crippen LogP contribution is 2.12. The Hall–Kier alpha value is -2.16. The lowest BCUT2D eigenvalue weighted by Crippen LogP contribution is -2.37. The van der Waals surface area contributed by atoms with Crippen LogP contribution in [0.1, 0.15) is 16.1 Å². The van der Waals surface area contributed by atoms with E-state index in [1.165, 1.54) is 0 Å². The Morgan fingerprint density at radius 2 is 2.32 bits per heavy atom. The van der Waals surface area contributed by atoms with Gasteiger partial charge in [0, 0.05) is 65.0 Å². The van der Waals surface area contributed by atoms with Crippen molar-refractivity contribution in [1.82, 2.24) is 24.3 Å². The van der Waals surface area contributed by atoms with Crippen molar-refractivity contribution < 1.29 is 14.6 Å². The van der Waals surface area contributed by atoms with Gasteiger partial charge >= 0.3 is 0 Å². The summed E-state index contributed by atoms with van der Waals surface area (Å²) in [5, 5.41) is 10.3. The second-order valence-corrected chi connectivity index (χ2v) is 6.31.